The Bertz CT molecular complexity index is 219. The predicted molar refractivity (Wildman–Crippen MR) is 68.2 cm³/mol. The third-order valence-electron chi connectivity index (χ3n) is 1.82. The molecule has 0 unspecified atom stereocenters. The van der Waals surface area contributed by atoms with Crippen molar-refractivity contribution in [3.63, 3.8) is 0 Å². The molecule has 1 N–H and O–H groups in total. The van der Waals surface area contributed by atoms with E-state index < -0.39 is 0 Å². The van der Waals surface area contributed by atoms with Crippen molar-refractivity contribution < 1.29 is 0 Å². The molecular weight excluding hydrogens is 210 g/mol. The van der Waals surface area contributed by atoms with E-state index in [0.717, 1.165) is 24.8 Å². The van der Waals surface area contributed by atoms with E-state index >= 15 is 0 Å². The van der Waals surface area contributed by atoms with Crippen molar-refractivity contribution in [2.45, 2.75) is 19.6 Å². The van der Waals surface area contributed by atoms with Gasteiger partial charge in [-0.05, 0) is 34.9 Å². The van der Waals surface area contributed by atoms with Crippen molar-refractivity contribution in [2.24, 2.45) is 5.92 Å². The normalized spacial score (nSPS) is 11.1. The fourth-order valence-electron chi connectivity index (χ4n) is 1.10. The van der Waals surface area contributed by atoms with Gasteiger partial charge in [0.25, 0.3) is 0 Å². The van der Waals surface area contributed by atoms with Crippen LogP contribution in [-0.4, -0.2) is 18.8 Å². The van der Waals surface area contributed by atoms with E-state index in [9.17, 15) is 0 Å². The van der Waals surface area contributed by atoms with Crippen LogP contribution < -0.4 is 5.32 Å². The van der Waals surface area contributed by atoms with Crippen LogP contribution in [0.2, 0.25) is 0 Å². The number of nitrogens with one attached hydrogen (secondary N) is 1. The van der Waals surface area contributed by atoms with Gasteiger partial charge in [-0.1, -0.05) is 13.8 Å². The molecule has 3 heteroatoms. The highest BCUT2D eigenvalue weighted by Gasteiger charge is 1.95. The summed E-state index contributed by atoms with van der Waals surface area (Å²) in [6.07, 6.45) is 0. The van der Waals surface area contributed by atoms with Gasteiger partial charge in [0.05, 0.1) is 0 Å². The molecule has 0 radical (unpaired) electrons. The highest BCUT2D eigenvalue weighted by atomic mass is 32.2. The Kier molecular flexibility index (Phi) is 6.32. The zero-order valence-corrected chi connectivity index (χ0v) is 10.6. The van der Waals surface area contributed by atoms with E-state index in [1.807, 2.05) is 11.8 Å². The first-order valence-electron chi connectivity index (χ1n) is 5.08. The smallest absolute Gasteiger partial charge is 0.0193 e. The minimum Gasteiger partial charge on any atom is -0.316 e. The van der Waals surface area contributed by atoms with E-state index in [1.54, 1.807) is 11.3 Å². The van der Waals surface area contributed by atoms with Crippen molar-refractivity contribution in [1.82, 2.24) is 5.32 Å². The molecule has 14 heavy (non-hydrogen) atoms. The molecule has 0 atom stereocenters. The molecule has 1 rings (SSSR count). The van der Waals surface area contributed by atoms with Crippen molar-refractivity contribution in [3.8, 4) is 0 Å². The van der Waals surface area contributed by atoms with Gasteiger partial charge in [-0.2, -0.15) is 23.1 Å². The molecule has 0 aliphatic heterocycles. The third kappa shape index (κ3) is 5.68. The summed E-state index contributed by atoms with van der Waals surface area (Å²) in [5.41, 5.74) is 1.46. The summed E-state index contributed by atoms with van der Waals surface area (Å²) in [5, 5.41) is 7.82. The Morgan fingerprint density at radius 3 is 3.00 bits per heavy atom. The first-order chi connectivity index (χ1) is 6.79. The number of hydrogen-bond acceptors (Lipinski definition) is 3. The number of thiophene rings is 1. The summed E-state index contributed by atoms with van der Waals surface area (Å²) in [6, 6.07) is 2.21. The Morgan fingerprint density at radius 1 is 1.50 bits per heavy atom. The third-order valence-corrected chi connectivity index (χ3v) is 3.59. The number of hydrogen-bond donors (Lipinski definition) is 1. The summed E-state index contributed by atoms with van der Waals surface area (Å²) in [7, 11) is 0. The molecule has 1 nitrogen and oxygen atoms in total. The fourth-order valence-corrected chi connectivity index (χ4v) is 2.72. The summed E-state index contributed by atoms with van der Waals surface area (Å²) >= 11 is 3.79. The largest absolute Gasteiger partial charge is 0.316 e. The van der Waals surface area contributed by atoms with Crippen molar-refractivity contribution in [1.29, 1.82) is 0 Å². The average molecular weight is 229 g/mol. The molecule has 0 bridgehead atoms. The fraction of sp³-hybridized carbons (Fsp3) is 0.636. The second kappa shape index (κ2) is 7.32. The lowest BCUT2D eigenvalue weighted by atomic mass is 10.2. The van der Waals surface area contributed by atoms with Gasteiger partial charge in [-0.15, -0.1) is 0 Å². The van der Waals surface area contributed by atoms with Crippen LogP contribution in [0.1, 0.15) is 19.4 Å². The number of thioether (sulfide) groups is 1. The second-order valence-electron chi connectivity index (χ2n) is 3.78. The summed E-state index contributed by atoms with van der Waals surface area (Å²) in [5.74, 6) is 3.13. The van der Waals surface area contributed by atoms with Crippen LogP contribution >= 0.6 is 23.1 Å². The summed E-state index contributed by atoms with van der Waals surface area (Å²) in [4.78, 5) is 0. The van der Waals surface area contributed by atoms with Gasteiger partial charge in [0.1, 0.15) is 0 Å². The number of rotatable bonds is 7. The van der Waals surface area contributed by atoms with Crippen molar-refractivity contribution >= 4 is 23.1 Å². The Labute approximate surface area is 95.3 Å². The SMILES string of the molecule is CC(C)CNCCSCc1ccsc1. The highest BCUT2D eigenvalue weighted by molar-refractivity contribution is 7.98. The van der Waals surface area contributed by atoms with Crippen LogP contribution in [0.4, 0.5) is 0 Å². The van der Waals surface area contributed by atoms with E-state index in [2.05, 4.69) is 36.0 Å². The van der Waals surface area contributed by atoms with E-state index in [-0.39, 0.29) is 0 Å². The van der Waals surface area contributed by atoms with Crippen LogP contribution in [0, 0.1) is 5.92 Å². The summed E-state index contributed by atoms with van der Waals surface area (Å²) < 4.78 is 0. The first kappa shape index (κ1) is 12.1. The monoisotopic (exact) mass is 229 g/mol. The van der Waals surface area contributed by atoms with Crippen LogP contribution in [-0.2, 0) is 5.75 Å². The maximum atomic E-state index is 3.45. The van der Waals surface area contributed by atoms with E-state index in [4.69, 9.17) is 0 Å². The molecule has 0 aliphatic carbocycles. The van der Waals surface area contributed by atoms with Gasteiger partial charge in [-0.25, -0.2) is 0 Å². The zero-order chi connectivity index (χ0) is 10.2. The maximum absolute atomic E-state index is 3.45. The molecule has 0 saturated carbocycles. The maximum Gasteiger partial charge on any atom is 0.0193 e. The van der Waals surface area contributed by atoms with E-state index in [0.29, 0.717) is 0 Å². The van der Waals surface area contributed by atoms with Gasteiger partial charge in [0.2, 0.25) is 0 Å². The van der Waals surface area contributed by atoms with Crippen LogP contribution in [0.3, 0.4) is 0 Å². The quantitative estimate of drug-likeness (QED) is 0.721. The second-order valence-corrected chi connectivity index (χ2v) is 5.67. The molecule has 1 aromatic rings. The molecule has 0 amide bonds. The predicted octanol–water partition coefficient (Wildman–Crippen LogP) is 3.23. The Hall–Kier alpha value is 0.01000. The lowest BCUT2D eigenvalue weighted by molar-refractivity contribution is 0.568. The topological polar surface area (TPSA) is 12.0 Å². The lowest BCUT2D eigenvalue weighted by Gasteiger charge is -2.06. The van der Waals surface area contributed by atoms with Crippen molar-refractivity contribution in [2.75, 3.05) is 18.8 Å². The minimum atomic E-state index is 0.761. The minimum absolute atomic E-state index is 0.761. The van der Waals surface area contributed by atoms with Gasteiger partial charge in [0.15, 0.2) is 0 Å². The van der Waals surface area contributed by atoms with Gasteiger partial charge in [0, 0.05) is 18.1 Å². The van der Waals surface area contributed by atoms with Gasteiger partial charge in [-0.3, -0.25) is 0 Å². The molecule has 1 heterocycles. The van der Waals surface area contributed by atoms with Crippen LogP contribution in [0.25, 0.3) is 0 Å². The molecular formula is C11H19NS2. The Balaban J connectivity index is 1.90. The standard InChI is InChI=1S/C11H19NS2/c1-10(2)7-12-4-6-14-9-11-3-5-13-8-11/h3,5,8,10,12H,4,6-7,9H2,1-2H3. The molecule has 80 valence electrons. The van der Waals surface area contributed by atoms with Crippen molar-refractivity contribution in [3.05, 3.63) is 22.4 Å². The van der Waals surface area contributed by atoms with E-state index in [1.165, 1.54) is 11.3 Å². The zero-order valence-electron chi connectivity index (χ0n) is 8.95. The molecule has 0 saturated heterocycles. The Morgan fingerprint density at radius 2 is 2.36 bits per heavy atom. The molecule has 0 aromatic carbocycles. The lowest BCUT2D eigenvalue weighted by Crippen LogP contribution is -2.22. The average Bonchev–Trinajstić information content (AvgIpc) is 2.63. The highest BCUT2D eigenvalue weighted by Crippen LogP contribution is 2.14. The first-order valence-corrected chi connectivity index (χ1v) is 7.18. The van der Waals surface area contributed by atoms with Crippen LogP contribution in [0.5, 0.6) is 0 Å². The molecule has 0 aliphatic rings. The molecule has 1 aromatic heterocycles. The van der Waals surface area contributed by atoms with Crippen LogP contribution in [0.15, 0.2) is 16.8 Å². The molecule has 0 fully saturated rings. The van der Waals surface area contributed by atoms with Gasteiger partial charge >= 0.3 is 0 Å². The van der Waals surface area contributed by atoms with Gasteiger partial charge < -0.3 is 5.32 Å². The summed E-state index contributed by atoms with van der Waals surface area (Å²) in [6.45, 7) is 6.75. The molecule has 0 spiro atoms.